The van der Waals surface area contributed by atoms with Gasteiger partial charge >= 0.3 is 0 Å². The molecule has 8 heteroatoms. The zero-order valence-electron chi connectivity index (χ0n) is 17.6. The molecule has 1 amide bonds. The van der Waals surface area contributed by atoms with Crippen molar-refractivity contribution >= 4 is 50.7 Å². The normalized spacial score (nSPS) is 11.2. The molecule has 0 atom stereocenters. The summed E-state index contributed by atoms with van der Waals surface area (Å²) in [4.78, 5) is 12.1. The highest BCUT2D eigenvalue weighted by molar-refractivity contribution is 7.92. The monoisotopic (exact) mass is 465 g/mol. The van der Waals surface area contributed by atoms with Gasteiger partial charge in [0.1, 0.15) is 0 Å². The van der Waals surface area contributed by atoms with Crippen LogP contribution in [0.25, 0.3) is 6.08 Å². The fraction of sp³-hybridized carbons (Fsp3) is 0.0833. The van der Waals surface area contributed by atoms with Crippen molar-refractivity contribution in [1.82, 2.24) is 5.32 Å². The number of amides is 1. The average molecular weight is 466 g/mol. The molecule has 0 aromatic heterocycles. The Kier molecular flexibility index (Phi) is 7.40. The summed E-state index contributed by atoms with van der Waals surface area (Å²) in [5, 5.41) is 5.52. The Morgan fingerprint density at radius 1 is 0.938 bits per heavy atom. The number of anilines is 2. The molecule has 0 unspecified atom stereocenters. The Labute approximate surface area is 193 Å². The number of thiocarbonyl (C=S) groups is 1. The molecule has 0 aliphatic heterocycles. The van der Waals surface area contributed by atoms with Crippen molar-refractivity contribution in [2.75, 3.05) is 10.0 Å². The van der Waals surface area contributed by atoms with Crippen molar-refractivity contribution in [2.45, 2.75) is 18.7 Å². The number of rotatable bonds is 6. The van der Waals surface area contributed by atoms with Crippen molar-refractivity contribution in [1.29, 1.82) is 0 Å². The molecule has 0 aliphatic carbocycles. The van der Waals surface area contributed by atoms with Crippen molar-refractivity contribution < 1.29 is 13.2 Å². The lowest BCUT2D eigenvalue weighted by atomic mass is 10.1. The van der Waals surface area contributed by atoms with Gasteiger partial charge in [-0.15, -0.1) is 0 Å². The minimum absolute atomic E-state index is 0.108. The van der Waals surface area contributed by atoms with Gasteiger partial charge < -0.3 is 5.32 Å². The predicted octanol–water partition coefficient (Wildman–Crippen LogP) is 4.63. The molecule has 3 rings (SSSR count). The summed E-state index contributed by atoms with van der Waals surface area (Å²) in [6.07, 6.45) is 3.07. The van der Waals surface area contributed by atoms with Crippen LogP contribution in [0.3, 0.4) is 0 Å². The highest BCUT2D eigenvalue weighted by atomic mass is 32.2. The number of carbonyl (C=O) groups is 1. The maximum Gasteiger partial charge on any atom is 0.261 e. The summed E-state index contributed by atoms with van der Waals surface area (Å²) in [6.45, 7) is 3.80. The van der Waals surface area contributed by atoms with E-state index in [2.05, 4.69) is 15.4 Å². The maximum atomic E-state index is 12.7. The number of aryl methyl sites for hydroxylation is 2. The third-order valence-electron chi connectivity index (χ3n) is 4.51. The molecule has 32 heavy (non-hydrogen) atoms. The molecule has 0 saturated heterocycles. The van der Waals surface area contributed by atoms with Crippen LogP contribution in [0, 0.1) is 13.8 Å². The number of nitrogens with one attached hydrogen (secondary N) is 3. The Balaban J connectivity index is 1.59. The fourth-order valence-electron chi connectivity index (χ4n) is 2.90. The first-order valence-corrected chi connectivity index (χ1v) is 11.7. The second-order valence-electron chi connectivity index (χ2n) is 7.14. The van der Waals surface area contributed by atoms with Crippen LogP contribution in [0.1, 0.15) is 16.7 Å². The molecule has 6 nitrogen and oxygen atoms in total. The van der Waals surface area contributed by atoms with Gasteiger partial charge in [0.25, 0.3) is 10.0 Å². The van der Waals surface area contributed by atoms with Crippen molar-refractivity contribution in [2.24, 2.45) is 0 Å². The molecular weight excluding hydrogens is 442 g/mol. The van der Waals surface area contributed by atoms with Gasteiger partial charge in [0.05, 0.1) is 10.6 Å². The van der Waals surface area contributed by atoms with E-state index < -0.39 is 10.0 Å². The van der Waals surface area contributed by atoms with E-state index in [0.717, 1.165) is 16.7 Å². The molecule has 3 N–H and O–H groups in total. The molecule has 0 spiro atoms. The van der Waals surface area contributed by atoms with Gasteiger partial charge in [-0.2, -0.15) is 0 Å². The zero-order valence-corrected chi connectivity index (χ0v) is 19.3. The van der Waals surface area contributed by atoms with E-state index in [9.17, 15) is 13.2 Å². The molecule has 3 aromatic carbocycles. The van der Waals surface area contributed by atoms with E-state index in [-0.39, 0.29) is 15.9 Å². The van der Waals surface area contributed by atoms with E-state index >= 15 is 0 Å². The highest BCUT2D eigenvalue weighted by Gasteiger charge is 2.15. The Morgan fingerprint density at radius 2 is 1.62 bits per heavy atom. The van der Waals surface area contributed by atoms with Crippen LogP contribution in [-0.4, -0.2) is 19.4 Å². The Bertz CT molecular complexity index is 1250. The molecular formula is C24H23N3O3S2. The molecule has 0 heterocycles. The van der Waals surface area contributed by atoms with Crippen LogP contribution >= 0.6 is 12.2 Å². The molecule has 0 radical (unpaired) electrons. The molecule has 164 valence electrons. The van der Waals surface area contributed by atoms with E-state index in [4.69, 9.17) is 12.2 Å². The van der Waals surface area contributed by atoms with Crippen molar-refractivity contribution in [3.05, 3.63) is 95.6 Å². The Hall–Kier alpha value is -3.49. The first-order valence-electron chi connectivity index (χ1n) is 9.78. The summed E-state index contributed by atoms with van der Waals surface area (Å²) in [5.41, 5.74) is 3.87. The number of benzene rings is 3. The van der Waals surface area contributed by atoms with Crippen LogP contribution in [0.5, 0.6) is 0 Å². The van der Waals surface area contributed by atoms with Gasteiger partial charge in [-0.25, -0.2) is 8.42 Å². The average Bonchev–Trinajstić information content (AvgIpc) is 2.75. The number of sulfonamides is 1. The first kappa shape index (κ1) is 23.2. The van der Waals surface area contributed by atoms with Gasteiger partial charge in [0.15, 0.2) is 5.11 Å². The quantitative estimate of drug-likeness (QED) is 0.365. The van der Waals surface area contributed by atoms with Crippen LogP contribution in [0.15, 0.2) is 83.8 Å². The van der Waals surface area contributed by atoms with Gasteiger partial charge in [-0.05, 0) is 73.6 Å². The number of hydrogen-bond donors (Lipinski definition) is 3. The summed E-state index contributed by atoms with van der Waals surface area (Å²) < 4.78 is 28.0. The lowest BCUT2D eigenvalue weighted by molar-refractivity contribution is -0.115. The SMILES string of the molecule is Cc1ccc(NS(=O)(=O)c2ccc(NC(=S)NC(=O)/C=C/c3ccccc3)cc2)c(C)c1. The summed E-state index contributed by atoms with van der Waals surface area (Å²) >= 11 is 5.15. The largest absolute Gasteiger partial charge is 0.332 e. The first-order chi connectivity index (χ1) is 15.2. The predicted molar refractivity (Wildman–Crippen MR) is 133 cm³/mol. The lowest BCUT2D eigenvalue weighted by Crippen LogP contribution is -2.32. The summed E-state index contributed by atoms with van der Waals surface area (Å²) in [5.74, 6) is -0.372. The van der Waals surface area contributed by atoms with Gasteiger partial charge in [-0.1, -0.05) is 48.0 Å². The van der Waals surface area contributed by atoms with Crippen molar-refractivity contribution in [3.63, 3.8) is 0 Å². The van der Waals surface area contributed by atoms with Crippen LogP contribution < -0.4 is 15.4 Å². The van der Waals surface area contributed by atoms with Gasteiger partial charge in [0, 0.05) is 11.8 Å². The van der Waals surface area contributed by atoms with Crippen molar-refractivity contribution in [3.8, 4) is 0 Å². The zero-order chi connectivity index (χ0) is 23.1. The smallest absolute Gasteiger partial charge is 0.261 e. The van der Waals surface area contributed by atoms with Gasteiger partial charge in [-0.3, -0.25) is 14.8 Å². The maximum absolute atomic E-state index is 12.7. The minimum atomic E-state index is -3.74. The van der Waals surface area contributed by atoms with Crippen LogP contribution in [0.4, 0.5) is 11.4 Å². The van der Waals surface area contributed by atoms with E-state index in [1.54, 1.807) is 24.3 Å². The van der Waals surface area contributed by atoms with Crippen LogP contribution in [0.2, 0.25) is 0 Å². The standard InChI is InChI=1S/C24H23N3O3S2/c1-17-8-14-22(18(2)16-17)27-32(29,30)21-12-10-20(11-13-21)25-24(31)26-23(28)15-9-19-6-4-3-5-7-19/h3-16,27H,1-2H3,(H2,25,26,28,31)/b15-9+. The van der Waals surface area contributed by atoms with E-state index in [1.165, 1.54) is 18.2 Å². The third kappa shape index (κ3) is 6.50. The molecule has 3 aromatic rings. The third-order valence-corrected chi connectivity index (χ3v) is 6.10. The van der Waals surface area contributed by atoms with Gasteiger partial charge in [0.2, 0.25) is 5.91 Å². The fourth-order valence-corrected chi connectivity index (χ4v) is 4.25. The summed E-state index contributed by atoms with van der Waals surface area (Å²) in [6, 6.07) is 21.0. The number of carbonyl (C=O) groups excluding carboxylic acids is 1. The van der Waals surface area contributed by atoms with E-state index in [1.807, 2.05) is 56.3 Å². The molecule has 0 saturated carbocycles. The highest BCUT2D eigenvalue weighted by Crippen LogP contribution is 2.21. The number of hydrogen-bond acceptors (Lipinski definition) is 4. The Morgan fingerprint density at radius 3 is 2.28 bits per heavy atom. The second-order valence-corrected chi connectivity index (χ2v) is 9.23. The minimum Gasteiger partial charge on any atom is -0.332 e. The summed E-state index contributed by atoms with van der Waals surface area (Å²) in [7, 11) is -3.74. The molecule has 0 aliphatic rings. The molecule has 0 bridgehead atoms. The lowest BCUT2D eigenvalue weighted by Gasteiger charge is -2.12. The van der Waals surface area contributed by atoms with E-state index in [0.29, 0.717) is 11.4 Å². The second kappa shape index (κ2) is 10.2. The molecule has 0 fully saturated rings. The van der Waals surface area contributed by atoms with Crippen LogP contribution in [-0.2, 0) is 14.8 Å². The topological polar surface area (TPSA) is 87.3 Å².